The fourth-order valence-corrected chi connectivity index (χ4v) is 3.34. The fraction of sp³-hybridized carbons (Fsp3) is 0.400. The van der Waals surface area contributed by atoms with Crippen molar-refractivity contribution in [3.8, 4) is 0 Å². The number of benzene rings is 1. The van der Waals surface area contributed by atoms with Crippen molar-refractivity contribution >= 4 is 33.4 Å². The second kappa shape index (κ2) is 7.27. The normalized spacial score (nSPS) is 16.3. The average molecular weight is 417 g/mol. The van der Waals surface area contributed by atoms with E-state index >= 15 is 0 Å². The number of carbonyl (C=O) groups excluding carboxylic acids is 2. The molecule has 6 heteroatoms. The molecule has 1 aromatic carbocycles. The summed E-state index contributed by atoms with van der Waals surface area (Å²) >= 11 is 3.18. The van der Waals surface area contributed by atoms with Gasteiger partial charge in [-0.1, -0.05) is 12.1 Å². The summed E-state index contributed by atoms with van der Waals surface area (Å²) in [5.74, 6) is 0.885. The monoisotopic (exact) mass is 416 g/mol. The molecule has 2 amide bonds. The number of halogens is 1. The van der Waals surface area contributed by atoms with Gasteiger partial charge in [0.2, 0.25) is 5.91 Å². The van der Waals surface area contributed by atoms with Crippen LogP contribution in [0, 0.1) is 5.92 Å². The minimum atomic E-state index is -0.302. The Morgan fingerprint density at radius 3 is 2.38 bits per heavy atom. The van der Waals surface area contributed by atoms with Crippen molar-refractivity contribution in [3.05, 3.63) is 52.4 Å². The standard InChI is InChI=1S/C20H21BrN2O3/c21-18-10-9-17(26-18)20(25)22-15-5-3-13(4-6-15)11-19(24)23(16-7-8-16)12-14-1-2-14/h3-6,9-10,14,16H,1-2,7-8,11-12H2,(H,22,25). The van der Waals surface area contributed by atoms with E-state index in [1.165, 1.54) is 12.8 Å². The summed E-state index contributed by atoms with van der Waals surface area (Å²) in [6, 6.07) is 11.2. The third-order valence-corrected chi connectivity index (χ3v) is 5.25. The van der Waals surface area contributed by atoms with Crippen molar-refractivity contribution < 1.29 is 14.0 Å². The highest BCUT2D eigenvalue weighted by atomic mass is 79.9. The highest BCUT2D eigenvalue weighted by molar-refractivity contribution is 9.10. The number of carbonyl (C=O) groups is 2. The number of furan rings is 1. The van der Waals surface area contributed by atoms with Gasteiger partial charge in [0.25, 0.3) is 5.91 Å². The van der Waals surface area contributed by atoms with Gasteiger partial charge in [-0.2, -0.15) is 0 Å². The maximum Gasteiger partial charge on any atom is 0.291 e. The number of nitrogens with zero attached hydrogens (tertiary/aromatic N) is 1. The van der Waals surface area contributed by atoms with Gasteiger partial charge in [-0.15, -0.1) is 0 Å². The molecule has 0 bridgehead atoms. The van der Waals surface area contributed by atoms with Gasteiger partial charge in [0.15, 0.2) is 10.4 Å². The molecular weight excluding hydrogens is 396 g/mol. The first-order valence-electron chi connectivity index (χ1n) is 9.03. The van der Waals surface area contributed by atoms with Crippen molar-refractivity contribution in [2.24, 2.45) is 5.92 Å². The zero-order valence-electron chi connectivity index (χ0n) is 14.4. The average Bonchev–Trinajstić information content (AvgIpc) is 3.54. The molecule has 2 aliphatic carbocycles. The van der Waals surface area contributed by atoms with E-state index in [-0.39, 0.29) is 17.6 Å². The second-order valence-electron chi connectivity index (χ2n) is 7.15. The Bertz CT molecular complexity index is 807. The van der Waals surface area contributed by atoms with Crippen molar-refractivity contribution in [2.75, 3.05) is 11.9 Å². The molecule has 2 fully saturated rings. The SMILES string of the molecule is O=C(Nc1ccc(CC(=O)N(CC2CC2)C2CC2)cc1)c1ccc(Br)o1. The summed E-state index contributed by atoms with van der Waals surface area (Å²) in [5, 5.41) is 2.79. The van der Waals surface area contributed by atoms with E-state index in [1.54, 1.807) is 12.1 Å². The second-order valence-corrected chi connectivity index (χ2v) is 7.93. The topological polar surface area (TPSA) is 62.6 Å². The summed E-state index contributed by atoms with van der Waals surface area (Å²) in [5.41, 5.74) is 1.64. The first-order valence-corrected chi connectivity index (χ1v) is 9.83. The van der Waals surface area contributed by atoms with Crippen molar-refractivity contribution in [1.82, 2.24) is 4.90 Å². The number of nitrogens with one attached hydrogen (secondary N) is 1. The molecular formula is C20H21BrN2O3. The molecule has 2 aliphatic rings. The molecule has 0 unspecified atom stereocenters. The van der Waals surface area contributed by atoms with E-state index in [1.807, 2.05) is 24.3 Å². The molecule has 0 spiro atoms. The third kappa shape index (κ3) is 4.36. The van der Waals surface area contributed by atoms with E-state index in [0.29, 0.717) is 22.8 Å². The molecule has 2 aromatic rings. The number of anilines is 1. The van der Waals surface area contributed by atoms with Crippen LogP contribution in [0.2, 0.25) is 0 Å². The van der Waals surface area contributed by atoms with Gasteiger partial charge in [0.1, 0.15) is 0 Å². The van der Waals surface area contributed by atoms with E-state index in [2.05, 4.69) is 26.1 Å². The lowest BCUT2D eigenvalue weighted by Crippen LogP contribution is -2.36. The van der Waals surface area contributed by atoms with Crippen LogP contribution in [0.4, 0.5) is 5.69 Å². The molecule has 2 saturated carbocycles. The van der Waals surface area contributed by atoms with E-state index < -0.39 is 0 Å². The Balaban J connectivity index is 1.34. The van der Waals surface area contributed by atoms with Crippen molar-refractivity contribution in [2.45, 2.75) is 38.1 Å². The summed E-state index contributed by atoms with van der Waals surface area (Å²) in [4.78, 5) is 26.8. The Kier molecular flexibility index (Phi) is 4.85. The summed E-state index contributed by atoms with van der Waals surface area (Å²) < 4.78 is 5.76. The lowest BCUT2D eigenvalue weighted by molar-refractivity contribution is -0.131. The zero-order chi connectivity index (χ0) is 18.1. The largest absolute Gasteiger partial charge is 0.444 e. The summed E-state index contributed by atoms with van der Waals surface area (Å²) in [7, 11) is 0. The fourth-order valence-electron chi connectivity index (χ4n) is 3.03. The molecule has 1 aromatic heterocycles. The van der Waals surface area contributed by atoms with Crippen LogP contribution in [0.5, 0.6) is 0 Å². The first-order chi connectivity index (χ1) is 12.6. The van der Waals surface area contributed by atoms with Crippen molar-refractivity contribution in [3.63, 3.8) is 0 Å². The summed E-state index contributed by atoms with van der Waals surface area (Å²) in [6.45, 7) is 0.927. The van der Waals surface area contributed by atoms with Crippen LogP contribution in [0.15, 0.2) is 45.5 Å². The van der Waals surface area contributed by atoms with Crippen LogP contribution in [0.3, 0.4) is 0 Å². The van der Waals surface area contributed by atoms with Crippen LogP contribution in [-0.2, 0) is 11.2 Å². The van der Waals surface area contributed by atoms with Gasteiger partial charge < -0.3 is 14.6 Å². The highest BCUT2D eigenvalue weighted by Gasteiger charge is 2.36. The van der Waals surface area contributed by atoms with Gasteiger partial charge in [-0.05, 0) is 77.4 Å². The molecule has 136 valence electrons. The smallest absolute Gasteiger partial charge is 0.291 e. The number of rotatable bonds is 7. The lowest BCUT2D eigenvalue weighted by Gasteiger charge is -2.22. The van der Waals surface area contributed by atoms with Gasteiger partial charge in [-0.25, -0.2) is 0 Å². The Morgan fingerprint density at radius 1 is 1.08 bits per heavy atom. The van der Waals surface area contributed by atoms with Crippen LogP contribution >= 0.6 is 15.9 Å². The minimum absolute atomic E-state index is 0.219. The van der Waals surface area contributed by atoms with E-state index in [0.717, 1.165) is 30.9 Å². The molecule has 4 rings (SSSR count). The van der Waals surface area contributed by atoms with Gasteiger partial charge in [0.05, 0.1) is 6.42 Å². The Hall–Kier alpha value is -2.08. The predicted octanol–water partition coefficient (Wildman–Crippen LogP) is 4.24. The van der Waals surface area contributed by atoms with Crippen molar-refractivity contribution in [1.29, 1.82) is 0 Å². The third-order valence-electron chi connectivity index (χ3n) is 4.82. The quantitative estimate of drug-likeness (QED) is 0.733. The zero-order valence-corrected chi connectivity index (χ0v) is 16.0. The molecule has 5 nitrogen and oxygen atoms in total. The van der Waals surface area contributed by atoms with Crippen LogP contribution < -0.4 is 5.32 Å². The van der Waals surface area contributed by atoms with Crippen LogP contribution in [-0.4, -0.2) is 29.3 Å². The molecule has 0 aliphatic heterocycles. The molecule has 26 heavy (non-hydrogen) atoms. The molecule has 0 saturated heterocycles. The van der Waals surface area contributed by atoms with Gasteiger partial charge in [0, 0.05) is 18.3 Å². The number of hydrogen-bond acceptors (Lipinski definition) is 3. The highest BCUT2D eigenvalue weighted by Crippen LogP contribution is 2.35. The first kappa shape index (κ1) is 17.3. The lowest BCUT2D eigenvalue weighted by atomic mass is 10.1. The van der Waals surface area contributed by atoms with Crippen LogP contribution in [0.1, 0.15) is 41.8 Å². The number of amides is 2. The van der Waals surface area contributed by atoms with Crippen LogP contribution in [0.25, 0.3) is 0 Å². The van der Waals surface area contributed by atoms with Gasteiger partial charge in [-0.3, -0.25) is 9.59 Å². The van der Waals surface area contributed by atoms with Gasteiger partial charge >= 0.3 is 0 Å². The molecule has 0 atom stereocenters. The molecule has 0 radical (unpaired) electrons. The minimum Gasteiger partial charge on any atom is -0.444 e. The van der Waals surface area contributed by atoms with E-state index in [4.69, 9.17) is 4.42 Å². The maximum atomic E-state index is 12.6. The maximum absolute atomic E-state index is 12.6. The number of hydrogen-bond donors (Lipinski definition) is 1. The Morgan fingerprint density at radius 2 is 1.81 bits per heavy atom. The summed E-state index contributed by atoms with van der Waals surface area (Å²) in [6.07, 6.45) is 5.23. The van der Waals surface area contributed by atoms with E-state index in [9.17, 15) is 9.59 Å². The molecule has 1 heterocycles. The Labute approximate surface area is 160 Å². The molecule has 1 N–H and O–H groups in total. The predicted molar refractivity (Wildman–Crippen MR) is 102 cm³/mol.